The summed E-state index contributed by atoms with van der Waals surface area (Å²) in [7, 11) is 0. The fourth-order valence-electron chi connectivity index (χ4n) is 2.23. The van der Waals surface area contributed by atoms with E-state index in [1.165, 1.54) is 12.3 Å². The average Bonchev–Trinajstić information content (AvgIpc) is 2.68. The van der Waals surface area contributed by atoms with Gasteiger partial charge in [-0.25, -0.2) is 9.97 Å². The number of halogens is 1. The van der Waals surface area contributed by atoms with Crippen molar-refractivity contribution >= 4 is 29.1 Å². The van der Waals surface area contributed by atoms with Gasteiger partial charge in [0.2, 0.25) is 5.95 Å². The maximum atomic E-state index is 12.3. The molecule has 0 aliphatic rings. The van der Waals surface area contributed by atoms with Crippen LogP contribution < -0.4 is 10.6 Å². The second kappa shape index (κ2) is 8.10. The Hall–Kier alpha value is -3.43. The molecule has 3 rings (SSSR count). The molecule has 0 atom stereocenters. The Morgan fingerprint density at radius 1 is 1.12 bits per heavy atom. The van der Waals surface area contributed by atoms with E-state index in [9.17, 15) is 4.79 Å². The Labute approximate surface area is 155 Å². The van der Waals surface area contributed by atoms with Crippen LogP contribution in [0.5, 0.6) is 0 Å². The smallest absolute Gasteiger partial charge is 0.270 e. The van der Waals surface area contributed by atoms with E-state index in [1.807, 2.05) is 12.1 Å². The van der Waals surface area contributed by atoms with E-state index < -0.39 is 0 Å². The number of carbonyl (C=O) groups is 1. The quantitative estimate of drug-likeness (QED) is 0.721. The van der Waals surface area contributed by atoms with E-state index in [2.05, 4.69) is 26.7 Å². The molecule has 0 aliphatic carbocycles. The Morgan fingerprint density at radius 3 is 2.65 bits per heavy atom. The monoisotopic (exact) mass is 363 g/mol. The van der Waals surface area contributed by atoms with Gasteiger partial charge in [0.05, 0.1) is 11.3 Å². The molecule has 0 radical (unpaired) electrons. The number of hydrogen-bond acceptors (Lipinski definition) is 5. The lowest BCUT2D eigenvalue weighted by atomic mass is 10.2. The molecule has 2 N–H and O–H groups in total. The zero-order chi connectivity index (χ0) is 18.4. The lowest BCUT2D eigenvalue weighted by molar-refractivity contribution is 0.0946. The minimum absolute atomic E-state index is 0.228. The highest BCUT2D eigenvalue weighted by molar-refractivity contribution is 6.30. The molecule has 0 bridgehead atoms. The van der Waals surface area contributed by atoms with Gasteiger partial charge in [-0.2, -0.15) is 5.26 Å². The van der Waals surface area contributed by atoms with Crippen molar-refractivity contribution in [3.8, 4) is 6.07 Å². The van der Waals surface area contributed by atoms with Crippen molar-refractivity contribution in [1.82, 2.24) is 15.3 Å². The van der Waals surface area contributed by atoms with Crippen molar-refractivity contribution in [2.24, 2.45) is 0 Å². The van der Waals surface area contributed by atoms with E-state index in [-0.39, 0.29) is 17.5 Å². The van der Waals surface area contributed by atoms with Crippen molar-refractivity contribution < 1.29 is 4.79 Å². The van der Waals surface area contributed by atoms with E-state index in [0.717, 1.165) is 5.56 Å². The Bertz CT molecular complexity index is 966. The second-order valence-corrected chi connectivity index (χ2v) is 5.79. The molecule has 2 aromatic carbocycles. The van der Waals surface area contributed by atoms with Crippen LogP contribution in [0.25, 0.3) is 0 Å². The zero-order valence-electron chi connectivity index (χ0n) is 13.6. The molecule has 0 saturated heterocycles. The summed E-state index contributed by atoms with van der Waals surface area (Å²) in [5, 5.41) is 15.5. The van der Waals surface area contributed by atoms with Crippen molar-refractivity contribution in [2.75, 3.05) is 5.32 Å². The average molecular weight is 364 g/mol. The van der Waals surface area contributed by atoms with E-state index >= 15 is 0 Å². The number of anilines is 2. The van der Waals surface area contributed by atoms with Gasteiger partial charge in [-0.15, -0.1) is 0 Å². The highest BCUT2D eigenvalue weighted by atomic mass is 35.5. The first-order chi connectivity index (χ1) is 12.7. The number of amides is 1. The van der Waals surface area contributed by atoms with Crippen LogP contribution in [0, 0.1) is 11.3 Å². The van der Waals surface area contributed by atoms with Crippen LogP contribution in [-0.4, -0.2) is 15.9 Å². The number of carbonyl (C=O) groups excluding carboxylic acids is 1. The Balaban J connectivity index is 1.69. The Morgan fingerprint density at radius 2 is 1.88 bits per heavy atom. The van der Waals surface area contributed by atoms with Gasteiger partial charge < -0.3 is 10.6 Å². The summed E-state index contributed by atoms with van der Waals surface area (Å²) in [5.41, 5.74) is 2.20. The molecule has 0 aliphatic heterocycles. The van der Waals surface area contributed by atoms with Crippen molar-refractivity contribution in [3.63, 3.8) is 0 Å². The van der Waals surface area contributed by atoms with Crippen LogP contribution in [0.15, 0.2) is 60.8 Å². The molecule has 6 nitrogen and oxygen atoms in total. The molecule has 7 heteroatoms. The summed E-state index contributed by atoms with van der Waals surface area (Å²) in [5.74, 6) is -0.0780. The standard InChI is InChI=1S/C19H14ClN5O/c20-15-7-5-13(6-8-15)12-23-18(26)17-9-10-22-19(25-17)24-16-4-2-1-3-14(16)11-21/h1-10H,12H2,(H,23,26)(H,22,24,25). The molecule has 0 fully saturated rings. The predicted octanol–water partition coefficient (Wildman–Crippen LogP) is 3.68. The summed E-state index contributed by atoms with van der Waals surface area (Å²) in [6.07, 6.45) is 1.49. The van der Waals surface area contributed by atoms with Crippen molar-refractivity contribution in [3.05, 3.63) is 82.6 Å². The summed E-state index contributed by atoms with van der Waals surface area (Å²) in [6.45, 7) is 0.361. The molecule has 0 unspecified atom stereocenters. The maximum Gasteiger partial charge on any atom is 0.270 e. The zero-order valence-corrected chi connectivity index (χ0v) is 14.4. The Kier molecular flexibility index (Phi) is 5.42. The third kappa shape index (κ3) is 4.35. The second-order valence-electron chi connectivity index (χ2n) is 5.36. The third-order valence-corrected chi connectivity index (χ3v) is 3.80. The van der Waals surface area contributed by atoms with Crippen LogP contribution in [0.1, 0.15) is 21.6 Å². The highest BCUT2D eigenvalue weighted by Crippen LogP contribution is 2.17. The fourth-order valence-corrected chi connectivity index (χ4v) is 2.36. The van der Waals surface area contributed by atoms with E-state index in [4.69, 9.17) is 16.9 Å². The van der Waals surface area contributed by atoms with Crippen molar-refractivity contribution in [1.29, 1.82) is 5.26 Å². The number of hydrogen-bond donors (Lipinski definition) is 2. The molecule has 0 saturated carbocycles. The maximum absolute atomic E-state index is 12.3. The summed E-state index contributed by atoms with van der Waals surface area (Å²) >= 11 is 5.84. The van der Waals surface area contributed by atoms with Crippen LogP contribution in [0.3, 0.4) is 0 Å². The summed E-state index contributed by atoms with van der Waals surface area (Å²) in [6, 6.07) is 17.8. The van der Waals surface area contributed by atoms with Crippen LogP contribution in [0.2, 0.25) is 5.02 Å². The third-order valence-electron chi connectivity index (χ3n) is 3.55. The summed E-state index contributed by atoms with van der Waals surface area (Å²) < 4.78 is 0. The normalized spacial score (nSPS) is 10.0. The topological polar surface area (TPSA) is 90.7 Å². The number of nitrogens with zero attached hydrogens (tertiary/aromatic N) is 3. The number of nitriles is 1. The number of aromatic nitrogens is 2. The van der Waals surface area contributed by atoms with E-state index in [1.54, 1.807) is 36.4 Å². The first-order valence-corrected chi connectivity index (χ1v) is 8.15. The van der Waals surface area contributed by atoms with Crippen LogP contribution >= 0.6 is 11.6 Å². The first-order valence-electron chi connectivity index (χ1n) is 7.77. The lowest BCUT2D eigenvalue weighted by Crippen LogP contribution is -2.24. The van der Waals surface area contributed by atoms with Gasteiger partial charge in [-0.3, -0.25) is 4.79 Å². The number of rotatable bonds is 5. The molecule has 1 heterocycles. The first kappa shape index (κ1) is 17.4. The molecular formula is C19H14ClN5O. The minimum Gasteiger partial charge on any atom is -0.347 e. The van der Waals surface area contributed by atoms with Crippen molar-refractivity contribution in [2.45, 2.75) is 6.54 Å². The molecule has 0 spiro atoms. The number of nitrogens with one attached hydrogen (secondary N) is 2. The fraction of sp³-hybridized carbons (Fsp3) is 0.0526. The van der Waals surface area contributed by atoms with Gasteiger partial charge in [-0.1, -0.05) is 35.9 Å². The molecular weight excluding hydrogens is 350 g/mol. The van der Waals surface area contributed by atoms with Crippen LogP contribution in [0.4, 0.5) is 11.6 Å². The van der Waals surface area contributed by atoms with Gasteiger partial charge >= 0.3 is 0 Å². The number of benzene rings is 2. The van der Waals surface area contributed by atoms with Gasteiger partial charge in [0, 0.05) is 17.8 Å². The molecule has 128 valence electrons. The summed E-state index contributed by atoms with van der Waals surface area (Å²) in [4.78, 5) is 20.6. The van der Waals surface area contributed by atoms with Gasteiger partial charge in [0.15, 0.2) is 0 Å². The number of para-hydroxylation sites is 1. The molecule has 1 amide bonds. The minimum atomic E-state index is -0.320. The van der Waals surface area contributed by atoms with Gasteiger partial charge in [0.1, 0.15) is 11.8 Å². The molecule has 3 aromatic rings. The van der Waals surface area contributed by atoms with Gasteiger partial charge in [0.25, 0.3) is 5.91 Å². The molecule has 26 heavy (non-hydrogen) atoms. The lowest BCUT2D eigenvalue weighted by Gasteiger charge is -2.08. The highest BCUT2D eigenvalue weighted by Gasteiger charge is 2.10. The van der Waals surface area contributed by atoms with Crippen LogP contribution in [-0.2, 0) is 6.54 Å². The van der Waals surface area contributed by atoms with E-state index in [0.29, 0.717) is 22.8 Å². The SMILES string of the molecule is N#Cc1ccccc1Nc1nccc(C(=O)NCc2ccc(Cl)cc2)n1. The predicted molar refractivity (Wildman–Crippen MR) is 99.1 cm³/mol. The van der Waals surface area contributed by atoms with Gasteiger partial charge in [-0.05, 0) is 35.9 Å². The largest absolute Gasteiger partial charge is 0.347 e. The molecule has 1 aromatic heterocycles.